The summed E-state index contributed by atoms with van der Waals surface area (Å²) in [4.78, 5) is 21.0. The summed E-state index contributed by atoms with van der Waals surface area (Å²) in [5.74, 6) is 1.28. The van der Waals surface area contributed by atoms with Crippen molar-refractivity contribution in [1.29, 1.82) is 0 Å². The molecule has 8 heteroatoms. The van der Waals surface area contributed by atoms with Gasteiger partial charge in [-0.3, -0.25) is 15.4 Å². The van der Waals surface area contributed by atoms with Gasteiger partial charge in [0.2, 0.25) is 0 Å². The lowest BCUT2D eigenvalue weighted by atomic mass is 10.1. The number of amides is 2. The first-order valence-electron chi connectivity index (χ1n) is 11.3. The van der Waals surface area contributed by atoms with E-state index in [2.05, 4.69) is 30.8 Å². The summed E-state index contributed by atoms with van der Waals surface area (Å²) in [6.45, 7) is 9.03. The molecule has 8 nitrogen and oxygen atoms in total. The molecule has 0 saturated heterocycles. The number of benzene rings is 1. The maximum absolute atomic E-state index is 12.1. The van der Waals surface area contributed by atoms with E-state index < -0.39 is 0 Å². The minimum atomic E-state index is -0.310. The van der Waals surface area contributed by atoms with Crippen molar-refractivity contribution >= 4 is 22.9 Å². The van der Waals surface area contributed by atoms with Crippen molar-refractivity contribution in [2.45, 2.75) is 34.1 Å². The fraction of sp³-hybridized carbons (Fsp3) is 0.280. The van der Waals surface area contributed by atoms with Crippen LogP contribution >= 0.6 is 0 Å². The van der Waals surface area contributed by atoms with Crippen molar-refractivity contribution < 1.29 is 9.53 Å². The third kappa shape index (κ3) is 7.92. The van der Waals surface area contributed by atoms with Crippen LogP contribution < -0.4 is 15.4 Å². The zero-order chi connectivity index (χ0) is 23.9. The quantitative estimate of drug-likeness (QED) is 0.316. The number of hydrogen-bond donors (Lipinski definition) is 3. The highest BCUT2D eigenvalue weighted by molar-refractivity contribution is 5.90. The lowest BCUT2D eigenvalue weighted by molar-refractivity contribution is 0.250. The van der Waals surface area contributed by atoms with E-state index in [1.807, 2.05) is 70.2 Å². The average molecular weight is 449 g/mol. The molecule has 2 amide bonds. The molecular formula is C25H32N6O2. The van der Waals surface area contributed by atoms with Crippen molar-refractivity contribution in [3.05, 3.63) is 67.1 Å². The number of carbonyl (C=O) groups is 1. The molecule has 0 aliphatic heterocycles. The van der Waals surface area contributed by atoms with Gasteiger partial charge >= 0.3 is 6.03 Å². The van der Waals surface area contributed by atoms with E-state index in [0.29, 0.717) is 30.9 Å². The second kappa shape index (κ2) is 14.2. The lowest BCUT2D eigenvalue weighted by Crippen LogP contribution is -2.30. The van der Waals surface area contributed by atoms with Crippen molar-refractivity contribution in [2.75, 3.05) is 18.5 Å². The number of ether oxygens (including phenoxy) is 1. The number of H-pyrrole nitrogens is 1. The third-order valence-electron chi connectivity index (χ3n) is 4.23. The summed E-state index contributed by atoms with van der Waals surface area (Å²) >= 11 is 0. The standard InChI is InChI=1S/C21H20N6O2.2C2H6/c28-21(22-9-4-10-29-17-5-2-1-3-6-17)27-20-8-7-18-19(26-20)11-15(12-23-18)16-13-24-25-14-16;2*1-2/h1-3,5-8,11-14H,4,9-10H2,(H,24,25)(H2,22,26,27,28);2*1-2H3. The lowest BCUT2D eigenvalue weighted by Gasteiger charge is -2.09. The third-order valence-corrected chi connectivity index (χ3v) is 4.23. The van der Waals surface area contributed by atoms with Crippen LogP contribution in [-0.4, -0.2) is 39.3 Å². The largest absolute Gasteiger partial charge is 0.494 e. The Bertz CT molecular complexity index is 1080. The molecule has 0 aliphatic rings. The second-order valence-corrected chi connectivity index (χ2v) is 6.34. The smallest absolute Gasteiger partial charge is 0.320 e. The van der Waals surface area contributed by atoms with Gasteiger partial charge in [0, 0.05) is 30.1 Å². The van der Waals surface area contributed by atoms with Gasteiger partial charge in [-0.1, -0.05) is 45.9 Å². The van der Waals surface area contributed by atoms with Crippen LogP contribution in [0.2, 0.25) is 0 Å². The van der Waals surface area contributed by atoms with Gasteiger partial charge in [0.1, 0.15) is 11.6 Å². The summed E-state index contributed by atoms with van der Waals surface area (Å²) in [6.07, 6.45) is 5.98. The van der Waals surface area contributed by atoms with Gasteiger partial charge in [-0.05, 0) is 36.8 Å². The van der Waals surface area contributed by atoms with Gasteiger partial charge in [-0.15, -0.1) is 0 Å². The zero-order valence-electron chi connectivity index (χ0n) is 19.6. The van der Waals surface area contributed by atoms with E-state index in [1.54, 1.807) is 24.7 Å². The predicted molar refractivity (Wildman–Crippen MR) is 133 cm³/mol. The maximum Gasteiger partial charge on any atom is 0.320 e. The van der Waals surface area contributed by atoms with Crippen LogP contribution in [0, 0.1) is 0 Å². The molecule has 33 heavy (non-hydrogen) atoms. The number of aromatic amines is 1. The van der Waals surface area contributed by atoms with Crippen LogP contribution in [-0.2, 0) is 0 Å². The van der Waals surface area contributed by atoms with Crippen LogP contribution in [0.15, 0.2) is 67.1 Å². The Morgan fingerprint density at radius 2 is 1.76 bits per heavy atom. The number of nitrogens with zero attached hydrogens (tertiary/aromatic N) is 3. The Labute approximate surface area is 194 Å². The number of para-hydroxylation sites is 1. The monoisotopic (exact) mass is 448 g/mol. The summed E-state index contributed by atoms with van der Waals surface area (Å²) in [5, 5.41) is 12.3. The molecule has 0 radical (unpaired) electrons. The molecular weight excluding hydrogens is 416 g/mol. The SMILES string of the molecule is CC.CC.O=C(NCCCOc1ccccc1)Nc1ccc2ncc(-c3cn[nH]c3)cc2n1. The van der Waals surface area contributed by atoms with E-state index in [4.69, 9.17) is 4.74 Å². The van der Waals surface area contributed by atoms with Gasteiger partial charge < -0.3 is 10.1 Å². The molecule has 1 aromatic carbocycles. The van der Waals surface area contributed by atoms with Crippen LogP contribution in [0.4, 0.5) is 10.6 Å². The summed E-state index contributed by atoms with van der Waals surface area (Å²) in [5.41, 5.74) is 3.27. The van der Waals surface area contributed by atoms with Gasteiger partial charge in [0.05, 0.1) is 23.8 Å². The Kier molecular flexibility index (Phi) is 10.9. The molecule has 174 valence electrons. The minimum absolute atomic E-state index is 0.310. The molecule has 0 saturated carbocycles. The molecule has 4 rings (SSSR count). The number of pyridine rings is 2. The van der Waals surface area contributed by atoms with E-state index in [-0.39, 0.29) is 6.03 Å². The molecule has 0 aliphatic carbocycles. The van der Waals surface area contributed by atoms with Gasteiger partial charge in [-0.25, -0.2) is 9.78 Å². The van der Waals surface area contributed by atoms with E-state index in [1.165, 1.54) is 0 Å². The Morgan fingerprint density at radius 3 is 2.48 bits per heavy atom. The number of fused-ring (bicyclic) bond motifs is 1. The molecule has 0 bridgehead atoms. The predicted octanol–water partition coefficient (Wildman–Crippen LogP) is 5.66. The molecule has 0 unspecified atom stereocenters. The molecule has 3 heterocycles. The highest BCUT2D eigenvalue weighted by Crippen LogP contribution is 2.21. The first-order valence-corrected chi connectivity index (χ1v) is 11.3. The second-order valence-electron chi connectivity index (χ2n) is 6.34. The van der Waals surface area contributed by atoms with E-state index >= 15 is 0 Å². The number of hydrogen-bond acceptors (Lipinski definition) is 5. The summed E-state index contributed by atoms with van der Waals surface area (Å²) in [6, 6.07) is 14.7. The van der Waals surface area contributed by atoms with Gasteiger partial charge in [-0.2, -0.15) is 5.10 Å². The van der Waals surface area contributed by atoms with Crippen LogP contribution in [0.5, 0.6) is 5.75 Å². The molecule has 3 N–H and O–H groups in total. The van der Waals surface area contributed by atoms with E-state index in [9.17, 15) is 4.79 Å². The Hall–Kier alpha value is -3.94. The van der Waals surface area contributed by atoms with E-state index in [0.717, 1.165) is 22.4 Å². The maximum atomic E-state index is 12.1. The van der Waals surface area contributed by atoms with Gasteiger partial charge in [0.15, 0.2) is 0 Å². The number of rotatable bonds is 7. The van der Waals surface area contributed by atoms with Crippen LogP contribution in [0.25, 0.3) is 22.2 Å². The van der Waals surface area contributed by atoms with Gasteiger partial charge in [0.25, 0.3) is 0 Å². The summed E-state index contributed by atoms with van der Waals surface area (Å²) < 4.78 is 5.60. The van der Waals surface area contributed by atoms with Crippen LogP contribution in [0.3, 0.4) is 0 Å². The van der Waals surface area contributed by atoms with Crippen LogP contribution in [0.1, 0.15) is 34.1 Å². The Balaban J connectivity index is 0.000000914. The fourth-order valence-corrected chi connectivity index (χ4v) is 2.78. The zero-order valence-corrected chi connectivity index (χ0v) is 19.6. The number of nitrogens with one attached hydrogen (secondary N) is 3. The highest BCUT2D eigenvalue weighted by atomic mass is 16.5. The minimum Gasteiger partial charge on any atom is -0.494 e. The molecule has 0 spiro atoms. The molecule has 3 aromatic heterocycles. The van der Waals surface area contributed by atoms with Crippen molar-refractivity contribution in [3.8, 4) is 16.9 Å². The first-order chi connectivity index (χ1) is 16.3. The molecule has 0 atom stereocenters. The van der Waals surface area contributed by atoms with Crippen molar-refractivity contribution in [2.24, 2.45) is 0 Å². The van der Waals surface area contributed by atoms with Crippen molar-refractivity contribution in [1.82, 2.24) is 25.5 Å². The normalized spacial score (nSPS) is 9.70. The Morgan fingerprint density at radius 1 is 0.970 bits per heavy atom. The molecule has 4 aromatic rings. The summed E-state index contributed by atoms with van der Waals surface area (Å²) in [7, 11) is 0. The number of aromatic nitrogens is 4. The number of anilines is 1. The topological polar surface area (TPSA) is 105 Å². The number of urea groups is 1. The fourth-order valence-electron chi connectivity index (χ4n) is 2.78. The average Bonchev–Trinajstić information content (AvgIpc) is 3.42. The number of carbonyl (C=O) groups excluding carboxylic acids is 1. The first kappa shape index (κ1) is 25.3. The van der Waals surface area contributed by atoms with Crippen molar-refractivity contribution in [3.63, 3.8) is 0 Å². The highest BCUT2D eigenvalue weighted by Gasteiger charge is 2.06. The molecule has 0 fully saturated rings.